The van der Waals surface area contributed by atoms with Crippen LogP contribution in [0.15, 0.2) is 18.2 Å². The van der Waals surface area contributed by atoms with Gasteiger partial charge in [-0.1, -0.05) is 0 Å². The fraction of sp³-hybridized carbons (Fsp3) is 0.438. The molecular formula is C16H23N3O5. The largest absolute Gasteiger partial charge is 0.493 e. The first-order valence-electron chi connectivity index (χ1n) is 7.38. The van der Waals surface area contributed by atoms with E-state index in [0.29, 0.717) is 17.1 Å². The van der Waals surface area contributed by atoms with Crippen LogP contribution < -0.4 is 20.5 Å². The second kappa shape index (κ2) is 8.76. The molecule has 0 aliphatic heterocycles. The van der Waals surface area contributed by atoms with Gasteiger partial charge in [-0.3, -0.25) is 14.4 Å². The van der Waals surface area contributed by atoms with E-state index in [1.165, 1.54) is 37.3 Å². The third kappa shape index (κ3) is 5.79. The molecule has 0 radical (unpaired) electrons. The molecule has 0 aliphatic rings. The SMILES string of the molecule is COc1cc(C(=O)N(C)CC(=O)NC(C)C)ccc1OCC(N)=O. The summed E-state index contributed by atoms with van der Waals surface area (Å²) in [5, 5.41) is 2.72. The molecule has 1 aromatic carbocycles. The number of rotatable bonds is 8. The van der Waals surface area contributed by atoms with Crippen LogP contribution in [0.1, 0.15) is 24.2 Å². The van der Waals surface area contributed by atoms with Crippen LogP contribution in [-0.4, -0.2) is 56.0 Å². The van der Waals surface area contributed by atoms with Gasteiger partial charge >= 0.3 is 0 Å². The normalized spacial score (nSPS) is 10.2. The van der Waals surface area contributed by atoms with E-state index < -0.39 is 5.91 Å². The zero-order chi connectivity index (χ0) is 18.3. The molecule has 1 aromatic rings. The Balaban J connectivity index is 2.83. The Kier molecular flexibility index (Phi) is 7.03. The van der Waals surface area contributed by atoms with Gasteiger partial charge in [-0.25, -0.2) is 0 Å². The molecule has 1 rings (SSSR count). The van der Waals surface area contributed by atoms with Crippen molar-refractivity contribution in [1.82, 2.24) is 10.2 Å². The number of nitrogens with two attached hydrogens (primary N) is 1. The summed E-state index contributed by atoms with van der Waals surface area (Å²) in [7, 11) is 2.95. The molecule has 8 heteroatoms. The molecule has 132 valence electrons. The summed E-state index contributed by atoms with van der Waals surface area (Å²) in [6, 6.07) is 4.52. The lowest BCUT2D eigenvalue weighted by Crippen LogP contribution is -2.40. The van der Waals surface area contributed by atoms with E-state index in [9.17, 15) is 14.4 Å². The number of nitrogens with one attached hydrogen (secondary N) is 1. The molecule has 0 saturated heterocycles. The van der Waals surface area contributed by atoms with Crippen LogP contribution >= 0.6 is 0 Å². The average molecular weight is 337 g/mol. The highest BCUT2D eigenvalue weighted by Gasteiger charge is 2.17. The number of primary amides is 1. The summed E-state index contributed by atoms with van der Waals surface area (Å²) in [5.74, 6) is -0.605. The maximum atomic E-state index is 12.4. The van der Waals surface area contributed by atoms with Gasteiger partial charge in [-0.15, -0.1) is 0 Å². The molecule has 0 aliphatic carbocycles. The summed E-state index contributed by atoms with van der Waals surface area (Å²) >= 11 is 0. The molecule has 24 heavy (non-hydrogen) atoms. The number of amides is 3. The lowest BCUT2D eigenvalue weighted by molar-refractivity contribution is -0.122. The van der Waals surface area contributed by atoms with Gasteiger partial charge in [0.2, 0.25) is 5.91 Å². The second-order valence-electron chi connectivity index (χ2n) is 5.50. The summed E-state index contributed by atoms with van der Waals surface area (Å²) in [6.45, 7) is 3.34. The zero-order valence-corrected chi connectivity index (χ0v) is 14.3. The Morgan fingerprint density at radius 3 is 2.46 bits per heavy atom. The number of nitrogens with zero attached hydrogens (tertiary/aromatic N) is 1. The third-order valence-corrected chi connectivity index (χ3v) is 2.96. The fourth-order valence-electron chi connectivity index (χ4n) is 1.94. The van der Waals surface area contributed by atoms with E-state index in [-0.39, 0.29) is 31.0 Å². The highest BCUT2D eigenvalue weighted by molar-refractivity contribution is 5.97. The molecule has 0 heterocycles. The van der Waals surface area contributed by atoms with E-state index in [1.807, 2.05) is 13.8 Å². The molecule has 0 spiro atoms. The van der Waals surface area contributed by atoms with Crippen LogP contribution in [0, 0.1) is 0 Å². The van der Waals surface area contributed by atoms with Crippen LogP contribution in [0.5, 0.6) is 11.5 Å². The van der Waals surface area contributed by atoms with Gasteiger partial charge in [0.05, 0.1) is 13.7 Å². The molecule has 0 unspecified atom stereocenters. The van der Waals surface area contributed by atoms with Gasteiger partial charge in [0.1, 0.15) is 0 Å². The van der Waals surface area contributed by atoms with Crippen molar-refractivity contribution in [2.45, 2.75) is 19.9 Å². The first kappa shape index (κ1) is 19.3. The number of likely N-dealkylation sites (N-methyl/N-ethyl adjacent to an activating group) is 1. The maximum absolute atomic E-state index is 12.4. The molecule has 0 saturated carbocycles. The predicted octanol–water partition coefficient (Wildman–Crippen LogP) is 0.156. The Hall–Kier alpha value is -2.77. The molecule has 3 N–H and O–H groups in total. The quantitative estimate of drug-likeness (QED) is 0.702. The summed E-state index contributed by atoms with van der Waals surface area (Å²) in [6.07, 6.45) is 0. The molecule has 0 aromatic heterocycles. The minimum Gasteiger partial charge on any atom is -0.493 e. The van der Waals surface area contributed by atoms with E-state index >= 15 is 0 Å². The van der Waals surface area contributed by atoms with Gasteiger partial charge < -0.3 is 25.4 Å². The van der Waals surface area contributed by atoms with E-state index in [0.717, 1.165) is 0 Å². The molecule has 0 fully saturated rings. The number of ether oxygens (including phenoxy) is 2. The third-order valence-electron chi connectivity index (χ3n) is 2.96. The lowest BCUT2D eigenvalue weighted by atomic mass is 10.1. The topological polar surface area (TPSA) is 111 Å². The van der Waals surface area contributed by atoms with Crippen molar-refractivity contribution in [2.75, 3.05) is 27.3 Å². The van der Waals surface area contributed by atoms with Gasteiger partial charge in [0.25, 0.3) is 11.8 Å². The van der Waals surface area contributed by atoms with Gasteiger partial charge in [0, 0.05) is 18.7 Å². The molecular weight excluding hydrogens is 314 g/mol. The Labute approximate surface area is 140 Å². The first-order chi connectivity index (χ1) is 11.2. The minimum atomic E-state index is -0.617. The summed E-state index contributed by atoms with van der Waals surface area (Å²) < 4.78 is 10.4. The second-order valence-corrected chi connectivity index (χ2v) is 5.50. The fourth-order valence-corrected chi connectivity index (χ4v) is 1.94. The first-order valence-corrected chi connectivity index (χ1v) is 7.38. The van der Waals surface area contributed by atoms with Crippen molar-refractivity contribution in [1.29, 1.82) is 0 Å². The number of hydrogen-bond acceptors (Lipinski definition) is 5. The Morgan fingerprint density at radius 1 is 1.25 bits per heavy atom. The van der Waals surface area contributed by atoms with Crippen molar-refractivity contribution in [3.8, 4) is 11.5 Å². The molecule has 0 bridgehead atoms. The number of hydrogen-bond donors (Lipinski definition) is 2. The highest BCUT2D eigenvalue weighted by atomic mass is 16.5. The van der Waals surface area contributed by atoms with E-state index in [2.05, 4.69) is 5.32 Å². The number of carbonyl (C=O) groups is 3. The Morgan fingerprint density at radius 2 is 1.92 bits per heavy atom. The standard InChI is InChI=1S/C16H23N3O5/c1-10(2)18-15(21)8-19(3)16(22)11-5-6-12(13(7-11)23-4)24-9-14(17)20/h5-7,10H,8-9H2,1-4H3,(H2,17,20)(H,18,21). The summed E-state index contributed by atoms with van der Waals surface area (Å²) in [4.78, 5) is 36.2. The number of carbonyl (C=O) groups excluding carboxylic acids is 3. The van der Waals surface area contributed by atoms with Crippen LogP contribution in [0.4, 0.5) is 0 Å². The Bertz CT molecular complexity index is 616. The van der Waals surface area contributed by atoms with Crippen molar-refractivity contribution < 1.29 is 23.9 Å². The number of benzene rings is 1. The van der Waals surface area contributed by atoms with Crippen LogP contribution in [-0.2, 0) is 9.59 Å². The molecule has 8 nitrogen and oxygen atoms in total. The van der Waals surface area contributed by atoms with Crippen molar-refractivity contribution >= 4 is 17.7 Å². The van der Waals surface area contributed by atoms with E-state index in [4.69, 9.17) is 15.2 Å². The van der Waals surface area contributed by atoms with Crippen LogP contribution in [0.2, 0.25) is 0 Å². The summed E-state index contributed by atoms with van der Waals surface area (Å²) in [5.41, 5.74) is 5.36. The molecule has 0 atom stereocenters. The van der Waals surface area contributed by atoms with Gasteiger partial charge in [0.15, 0.2) is 18.1 Å². The smallest absolute Gasteiger partial charge is 0.255 e. The monoisotopic (exact) mass is 337 g/mol. The van der Waals surface area contributed by atoms with Crippen LogP contribution in [0.25, 0.3) is 0 Å². The minimum absolute atomic E-state index is 0.00258. The van der Waals surface area contributed by atoms with Crippen molar-refractivity contribution in [3.63, 3.8) is 0 Å². The van der Waals surface area contributed by atoms with Crippen molar-refractivity contribution in [2.24, 2.45) is 5.73 Å². The maximum Gasteiger partial charge on any atom is 0.255 e. The molecule has 3 amide bonds. The number of methoxy groups -OCH3 is 1. The zero-order valence-electron chi connectivity index (χ0n) is 14.3. The van der Waals surface area contributed by atoms with Gasteiger partial charge in [-0.05, 0) is 32.0 Å². The predicted molar refractivity (Wildman–Crippen MR) is 87.9 cm³/mol. The average Bonchev–Trinajstić information content (AvgIpc) is 2.50. The van der Waals surface area contributed by atoms with Crippen LogP contribution in [0.3, 0.4) is 0 Å². The van der Waals surface area contributed by atoms with Gasteiger partial charge in [-0.2, -0.15) is 0 Å². The van der Waals surface area contributed by atoms with E-state index in [1.54, 1.807) is 0 Å². The highest BCUT2D eigenvalue weighted by Crippen LogP contribution is 2.28. The lowest BCUT2D eigenvalue weighted by Gasteiger charge is -2.18. The van der Waals surface area contributed by atoms with Crippen molar-refractivity contribution in [3.05, 3.63) is 23.8 Å².